The topological polar surface area (TPSA) is 58.7 Å². The summed E-state index contributed by atoms with van der Waals surface area (Å²) in [6.45, 7) is 1.77. The van der Waals surface area contributed by atoms with Crippen LogP contribution in [0.4, 0.5) is 4.39 Å². The van der Waals surface area contributed by atoms with Crippen LogP contribution in [0.15, 0.2) is 35.4 Å². The zero-order valence-corrected chi connectivity index (χ0v) is 9.72. The van der Waals surface area contributed by atoms with Crippen LogP contribution in [0.5, 0.6) is 0 Å². The van der Waals surface area contributed by atoms with Crippen molar-refractivity contribution in [3.63, 3.8) is 0 Å². The minimum absolute atomic E-state index is 0.0272. The van der Waals surface area contributed by atoms with Crippen LogP contribution < -0.4 is 5.56 Å². The van der Waals surface area contributed by atoms with Crippen molar-refractivity contribution in [2.45, 2.75) is 13.5 Å². The number of benzene rings is 1. The van der Waals surface area contributed by atoms with E-state index in [1.807, 2.05) is 0 Å². The Morgan fingerprint density at radius 2 is 2.28 bits per heavy atom. The highest BCUT2D eigenvalue weighted by Crippen LogP contribution is 2.12. The van der Waals surface area contributed by atoms with Gasteiger partial charge in [-0.1, -0.05) is 12.1 Å². The molecule has 4 nitrogen and oxygen atoms in total. The van der Waals surface area contributed by atoms with Crippen LogP contribution in [0.25, 0.3) is 0 Å². The number of hydrogen-bond acceptors (Lipinski definition) is 3. The molecule has 0 N–H and O–H groups in total. The molecule has 0 radical (unpaired) electrons. The largest absolute Gasteiger partial charge is 0.295 e. The third kappa shape index (κ3) is 2.28. The van der Waals surface area contributed by atoms with Gasteiger partial charge in [0.05, 0.1) is 18.4 Å². The summed E-state index contributed by atoms with van der Waals surface area (Å²) < 4.78 is 15.1. The predicted octanol–water partition coefficient (Wildman–Crippen LogP) is 1.61. The maximum absolute atomic E-state index is 13.8. The summed E-state index contributed by atoms with van der Waals surface area (Å²) in [5, 5.41) is 8.73. The summed E-state index contributed by atoms with van der Waals surface area (Å²) >= 11 is 0. The molecule has 0 saturated carbocycles. The molecule has 1 aromatic carbocycles. The van der Waals surface area contributed by atoms with E-state index in [1.54, 1.807) is 25.1 Å². The van der Waals surface area contributed by atoms with Gasteiger partial charge in [0.15, 0.2) is 0 Å². The molecule has 1 aromatic heterocycles. The number of aromatic nitrogens is 2. The lowest BCUT2D eigenvalue weighted by Gasteiger charge is -2.07. The van der Waals surface area contributed by atoms with E-state index in [9.17, 15) is 9.18 Å². The van der Waals surface area contributed by atoms with Gasteiger partial charge in [-0.25, -0.2) is 9.37 Å². The highest BCUT2D eigenvalue weighted by atomic mass is 19.1. The Labute approximate surface area is 103 Å². The molecule has 0 aliphatic heterocycles. The van der Waals surface area contributed by atoms with Gasteiger partial charge in [0.1, 0.15) is 11.9 Å². The summed E-state index contributed by atoms with van der Waals surface area (Å²) in [6, 6.07) is 7.68. The Morgan fingerprint density at radius 1 is 1.50 bits per heavy atom. The van der Waals surface area contributed by atoms with Crippen molar-refractivity contribution in [1.29, 1.82) is 5.26 Å². The van der Waals surface area contributed by atoms with Gasteiger partial charge in [-0.2, -0.15) is 5.26 Å². The van der Waals surface area contributed by atoms with Gasteiger partial charge < -0.3 is 0 Å². The quantitative estimate of drug-likeness (QED) is 0.805. The minimum Gasteiger partial charge on any atom is -0.295 e. The number of rotatable bonds is 2. The molecule has 18 heavy (non-hydrogen) atoms. The zero-order valence-electron chi connectivity index (χ0n) is 9.72. The van der Waals surface area contributed by atoms with Gasteiger partial charge in [0, 0.05) is 17.3 Å². The first kappa shape index (κ1) is 12.0. The van der Waals surface area contributed by atoms with Gasteiger partial charge in [-0.15, -0.1) is 0 Å². The van der Waals surface area contributed by atoms with E-state index >= 15 is 0 Å². The van der Waals surface area contributed by atoms with Gasteiger partial charge in [-0.05, 0) is 13.0 Å². The van der Waals surface area contributed by atoms with Crippen LogP contribution in [0.2, 0.25) is 0 Å². The molecular weight excluding hydrogens is 233 g/mol. The maximum Gasteiger partial charge on any atom is 0.253 e. The van der Waals surface area contributed by atoms with E-state index in [2.05, 4.69) is 4.98 Å². The fourth-order valence-corrected chi connectivity index (χ4v) is 1.61. The highest BCUT2D eigenvalue weighted by Gasteiger charge is 2.08. The third-order valence-electron chi connectivity index (χ3n) is 2.56. The van der Waals surface area contributed by atoms with E-state index < -0.39 is 5.82 Å². The number of aryl methyl sites for hydroxylation is 1. The lowest BCUT2D eigenvalue weighted by molar-refractivity contribution is 0.590. The second kappa shape index (κ2) is 4.80. The Morgan fingerprint density at radius 3 is 2.94 bits per heavy atom. The van der Waals surface area contributed by atoms with Crippen molar-refractivity contribution in [2.24, 2.45) is 0 Å². The second-order valence-corrected chi connectivity index (χ2v) is 3.89. The molecule has 2 rings (SSSR count). The van der Waals surface area contributed by atoms with Gasteiger partial charge in [0.2, 0.25) is 0 Å². The monoisotopic (exact) mass is 243 g/mol. The van der Waals surface area contributed by atoms with E-state index in [-0.39, 0.29) is 17.7 Å². The Kier molecular flexibility index (Phi) is 3.20. The lowest BCUT2D eigenvalue weighted by atomic mass is 10.1. The number of hydrogen-bond donors (Lipinski definition) is 0. The summed E-state index contributed by atoms with van der Waals surface area (Å²) in [4.78, 5) is 15.6. The fraction of sp³-hybridized carbons (Fsp3) is 0.154. The maximum atomic E-state index is 13.8. The zero-order chi connectivity index (χ0) is 13.1. The van der Waals surface area contributed by atoms with Crippen molar-refractivity contribution < 1.29 is 4.39 Å². The minimum atomic E-state index is -0.590. The van der Waals surface area contributed by atoms with Crippen LogP contribution in [0.1, 0.15) is 16.8 Å². The Bertz CT molecular complexity index is 685. The second-order valence-electron chi connectivity index (χ2n) is 3.89. The first-order valence-electron chi connectivity index (χ1n) is 5.32. The van der Waals surface area contributed by atoms with Crippen LogP contribution in [0, 0.1) is 24.1 Å². The van der Waals surface area contributed by atoms with Gasteiger partial charge >= 0.3 is 0 Å². The van der Waals surface area contributed by atoms with Gasteiger partial charge in [0.25, 0.3) is 5.56 Å². The van der Waals surface area contributed by atoms with Crippen LogP contribution in [-0.4, -0.2) is 9.55 Å². The predicted molar refractivity (Wildman–Crippen MR) is 63.5 cm³/mol. The molecule has 0 unspecified atom stereocenters. The van der Waals surface area contributed by atoms with E-state index in [0.717, 1.165) is 0 Å². The molecule has 1 heterocycles. The molecule has 0 bridgehead atoms. The van der Waals surface area contributed by atoms with Crippen molar-refractivity contribution in [2.75, 3.05) is 0 Å². The molecule has 5 heteroatoms. The molecule has 0 aliphatic carbocycles. The van der Waals surface area contributed by atoms with Crippen molar-refractivity contribution in [1.82, 2.24) is 9.55 Å². The summed E-state index contributed by atoms with van der Waals surface area (Å²) in [5.41, 5.74) is 0.634. The summed E-state index contributed by atoms with van der Waals surface area (Å²) in [5.74, 6) is -0.590. The lowest BCUT2D eigenvalue weighted by Crippen LogP contribution is -2.21. The average Bonchev–Trinajstić information content (AvgIpc) is 2.35. The molecule has 0 spiro atoms. The van der Waals surface area contributed by atoms with Crippen molar-refractivity contribution >= 4 is 0 Å². The molecular formula is C13H10FN3O. The number of halogens is 1. The fourth-order valence-electron chi connectivity index (χ4n) is 1.61. The van der Waals surface area contributed by atoms with Crippen LogP contribution in [0.3, 0.4) is 0 Å². The van der Waals surface area contributed by atoms with Crippen molar-refractivity contribution in [3.8, 4) is 6.07 Å². The first-order chi connectivity index (χ1) is 8.61. The Balaban J connectivity index is 2.41. The third-order valence-corrected chi connectivity index (χ3v) is 2.56. The molecule has 0 atom stereocenters. The standard InChI is InChI=1S/C13H10FN3O/c1-9-5-12(18)17(8-16-9)7-11-4-2-3-10(6-15)13(11)14/h2-5,8H,7H2,1H3. The average molecular weight is 243 g/mol. The van der Waals surface area contributed by atoms with E-state index in [4.69, 9.17) is 5.26 Å². The first-order valence-corrected chi connectivity index (χ1v) is 5.32. The highest BCUT2D eigenvalue weighted by molar-refractivity contribution is 5.35. The number of nitriles is 1. The molecule has 2 aromatic rings. The van der Waals surface area contributed by atoms with E-state index in [1.165, 1.54) is 23.0 Å². The SMILES string of the molecule is Cc1cc(=O)n(Cc2cccc(C#N)c2F)cn1. The normalized spacial score (nSPS) is 10.1. The molecule has 0 saturated heterocycles. The smallest absolute Gasteiger partial charge is 0.253 e. The van der Waals surface area contributed by atoms with Gasteiger partial charge in [-0.3, -0.25) is 9.36 Å². The van der Waals surface area contributed by atoms with Crippen molar-refractivity contribution in [3.05, 3.63) is 63.6 Å². The molecule has 0 aliphatic rings. The molecule has 0 fully saturated rings. The number of nitrogens with zero attached hydrogens (tertiary/aromatic N) is 3. The summed E-state index contributed by atoms with van der Waals surface area (Å²) in [7, 11) is 0. The van der Waals surface area contributed by atoms with Crippen LogP contribution >= 0.6 is 0 Å². The molecule has 90 valence electrons. The van der Waals surface area contributed by atoms with E-state index in [0.29, 0.717) is 11.3 Å². The Hall–Kier alpha value is -2.48. The summed E-state index contributed by atoms with van der Waals surface area (Å²) in [6.07, 6.45) is 1.37. The van der Waals surface area contributed by atoms with Crippen LogP contribution in [-0.2, 0) is 6.54 Å². The molecule has 0 amide bonds.